The van der Waals surface area contributed by atoms with Gasteiger partial charge in [0.2, 0.25) is 5.72 Å². The maximum atomic E-state index is 6.74. The highest BCUT2D eigenvalue weighted by molar-refractivity contribution is 6.30. The number of hydrogen-bond acceptors (Lipinski definition) is 3. The van der Waals surface area contributed by atoms with Crippen molar-refractivity contribution in [2.45, 2.75) is 38.0 Å². The van der Waals surface area contributed by atoms with Crippen LogP contribution in [0.3, 0.4) is 0 Å². The van der Waals surface area contributed by atoms with Crippen molar-refractivity contribution >= 4 is 17.3 Å². The minimum Gasteiger partial charge on any atom is -0.465 e. The fourth-order valence-electron chi connectivity index (χ4n) is 4.66. The Morgan fingerprint density at radius 1 is 1.15 bits per heavy atom. The first-order valence-corrected chi connectivity index (χ1v) is 10.2. The highest BCUT2D eigenvalue weighted by Crippen LogP contribution is 2.50. The largest absolute Gasteiger partial charge is 0.465 e. The van der Waals surface area contributed by atoms with Crippen LogP contribution in [-0.2, 0) is 0 Å². The van der Waals surface area contributed by atoms with Crippen molar-refractivity contribution in [3.05, 3.63) is 64.2 Å². The topological polar surface area (TPSA) is 29.3 Å². The monoisotopic (exact) mass is 382 g/mol. The van der Waals surface area contributed by atoms with Gasteiger partial charge in [0, 0.05) is 17.0 Å². The van der Waals surface area contributed by atoms with E-state index in [0.29, 0.717) is 0 Å². The number of fused-ring (bicyclic) bond motifs is 4. The Morgan fingerprint density at radius 2 is 1.89 bits per heavy atom. The molecule has 1 spiro atoms. The SMILES string of the molecule is Cc1cccc2c1OC1(CC[NH+](C)CC1)N1N=C(c3ccc(Cl)cc3)C[C@H]21. The van der Waals surface area contributed by atoms with Crippen molar-refractivity contribution in [3.63, 3.8) is 0 Å². The number of hydrogen-bond donors (Lipinski definition) is 1. The van der Waals surface area contributed by atoms with Crippen LogP contribution in [0.25, 0.3) is 0 Å². The summed E-state index contributed by atoms with van der Waals surface area (Å²) in [6.45, 7) is 4.37. The van der Waals surface area contributed by atoms with Crippen molar-refractivity contribution in [2.75, 3.05) is 20.1 Å². The van der Waals surface area contributed by atoms with E-state index in [4.69, 9.17) is 21.4 Å². The fourth-order valence-corrected chi connectivity index (χ4v) is 4.78. The number of piperidine rings is 1. The van der Waals surface area contributed by atoms with Crippen molar-refractivity contribution in [3.8, 4) is 5.75 Å². The molecule has 0 radical (unpaired) electrons. The lowest BCUT2D eigenvalue weighted by molar-refractivity contribution is -0.888. The molecule has 3 heterocycles. The van der Waals surface area contributed by atoms with Gasteiger partial charge in [-0.25, -0.2) is 5.01 Å². The summed E-state index contributed by atoms with van der Waals surface area (Å²) in [5, 5.41) is 8.15. The Kier molecular flexibility index (Phi) is 3.95. The first kappa shape index (κ1) is 17.1. The fraction of sp³-hybridized carbons (Fsp3) is 0.409. The number of likely N-dealkylation sites (tertiary alicyclic amines) is 1. The molecule has 27 heavy (non-hydrogen) atoms. The molecule has 4 nitrogen and oxygen atoms in total. The number of ether oxygens (including phenoxy) is 1. The average molecular weight is 383 g/mol. The number of nitrogens with zero attached hydrogens (tertiary/aromatic N) is 2. The Bertz CT molecular complexity index is 900. The molecule has 3 aliphatic rings. The highest BCUT2D eigenvalue weighted by atomic mass is 35.5. The zero-order chi connectivity index (χ0) is 18.6. The normalized spacial score (nSPS) is 29.1. The number of halogens is 1. The number of rotatable bonds is 1. The van der Waals surface area contributed by atoms with Crippen molar-refractivity contribution in [1.82, 2.24) is 5.01 Å². The predicted molar refractivity (Wildman–Crippen MR) is 108 cm³/mol. The second-order valence-electron chi connectivity index (χ2n) is 8.12. The summed E-state index contributed by atoms with van der Waals surface area (Å²) in [7, 11) is 2.26. The van der Waals surface area contributed by atoms with Gasteiger partial charge >= 0.3 is 0 Å². The van der Waals surface area contributed by atoms with E-state index in [1.54, 1.807) is 4.90 Å². The number of para-hydroxylation sites is 1. The first-order chi connectivity index (χ1) is 13.1. The molecule has 0 saturated carbocycles. The molecule has 0 aliphatic carbocycles. The minimum absolute atomic E-state index is 0.248. The number of benzene rings is 2. The van der Waals surface area contributed by atoms with E-state index in [-0.39, 0.29) is 11.8 Å². The van der Waals surface area contributed by atoms with Crippen LogP contribution in [0.2, 0.25) is 5.02 Å². The third-order valence-electron chi connectivity index (χ3n) is 6.28. The van der Waals surface area contributed by atoms with Gasteiger partial charge < -0.3 is 9.64 Å². The van der Waals surface area contributed by atoms with Gasteiger partial charge in [-0.1, -0.05) is 41.9 Å². The third kappa shape index (κ3) is 2.74. The van der Waals surface area contributed by atoms with Crippen LogP contribution in [0, 0.1) is 6.92 Å². The smallest absolute Gasteiger partial charge is 0.208 e. The maximum absolute atomic E-state index is 6.74. The Balaban J connectivity index is 1.59. The molecule has 1 N–H and O–H groups in total. The Morgan fingerprint density at radius 3 is 2.63 bits per heavy atom. The lowest BCUT2D eigenvalue weighted by Crippen LogP contribution is -3.11. The first-order valence-electron chi connectivity index (χ1n) is 9.78. The molecule has 1 atom stereocenters. The van der Waals surface area contributed by atoms with E-state index in [9.17, 15) is 0 Å². The molecule has 0 bridgehead atoms. The lowest BCUT2D eigenvalue weighted by atomic mass is 9.90. The molecular weight excluding hydrogens is 358 g/mol. The van der Waals surface area contributed by atoms with Gasteiger partial charge in [-0.15, -0.1) is 0 Å². The molecule has 2 aromatic carbocycles. The van der Waals surface area contributed by atoms with E-state index < -0.39 is 0 Å². The zero-order valence-electron chi connectivity index (χ0n) is 15.8. The van der Waals surface area contributed by atoms with Gasteiger partial charge in [0.25, 0.3) is 0 Å². The summed E-state index contributed by atoms with van der Waals surface area (Å²) in [6.07, 6.45) is 2.91. The summed E-state index contributed by atoms with van der Waals surface area (Å²) in [6, 6.07) is 14.8. The molecule has 1 saturated heterocycles. The van der Waals surface area contributed by atoms with E-state index in [2.05, 4.69) is 49.3 Å². The highest BCUT2D eigenvalue weighted by Gasteiger charge is 2.52. The summed E-state index contributed by atoms with van der Waals surface area (Å²) in [5.41, 5.74) is 4.44. The molecule has 5 rings (SSSR count). The van der Waals surface area contributed by atoms with Gasteiger partial charge in [-0.05, 0) is 30.2 Å². The van der Waals surface area contributed by atoms with Crippen LogP contribution >= 0.6 is 11.6 Å². The van der Waals surface area contributed by atoms with Crippen LogP contribution < -0.4 is 9.64 Å². The summed E-state index contributed by atoms with van der Waals surface area (Å²) in [4.78, 5) is 1.57. The van der Waals surface area contributed by atoms with Gasteiger partial charge in [0.15, 0.2) is 0 Å². The van der Waals surface area contributed by atoms with E-state index in [1.807, 2.05) is 12.1 Å². The molecular formula is C22H25ClN3O+. The van der Waals surface area contributed by atoms with Gasteiger partial charge in [0.1, 0.15) is 5.75 Å². The van der Waals surface area contributed by atoms with Crippen LogP contribution in [0.15, 0.2) is 47.6 Å². The molecule has 0 aromatic heterocycles. The number of quaternary nitrogens is 1. The van der Waals surface area contributed by atoms with E-state index >= 15 is 0 Å². The van der Waals surface area contributed by atoms with E-state index in [0.717, 1.165) is 54.4 Å². The van der Waals surface area contributed by atoms with Crippen LogP contribution in [0.1, 0.15) is 42.0 Å². The average Bonchev–Trinajstić information content (AvgIpc) is 3.12. The number of nitrogens with one attached hydrogen (secondary N) is 1. The van der Waals surface area contributed by atoms with Crippen LogP contribution in [0.4, 0.5) is 0 Å². The van der Waals surface area contributed by atoms with Gasteiger partial charge in [-0.3, -0.25) is 0 Å². The van der Waals surface area contributed by atoms with Crippen LogP contribution in [-0.4, -0.2) is 36.6 Å². The van der Waals surface area contributed by atoms with Crippen molar-refractivity contribution in [1.29, 1.82) is 0 Å². The molecule has 1 fully saturated rings. The second-order valence-corrected chi connectivity index (χ2v) is 8.55. The van der Waals surface area contributed by atoms with Gasteiger partial charge in [0.05, 0.1) is 44.7 Å². The molecule has 140 valence electrons. The van der Waals surface area contributed by atoms with Gasteiger partial charge in [-0.2, -0.15) is 5.10 Å². The second kappa shape index (κ2) is 6.25. The Hall–Kier alpha value is -2.04. The summed E-state index contributed by atoms with van der Waals surface area (Å²) >= 11 is 6.08. The molecule has 2 aromatic rings. The standard InChI is InChI=1S/C22H24ClN3O/c1-15-4-3-5-18-20-14-19(16-6-8-17(23)9-7-16)24-26(20)22(27-21(15)18)10-12-25(2)13-11-22/h3-9,20H,10-14H2,1-2H3/p+1/t20-/m1/s1. The lowest BCUT2D eigenvalue weighted by Gasteiger charge is -2.50. The Labute approximate surface area is 165 Å². The quantitative estimate of drug-likeness (QED) is 0.820. The maximum Gasteiger partial charge on any atom is 0.208 e. The third-order valence-corrected chi connectivity index (χ3v) is 6.54. The zero-order valence-corrected chi connectivity index (χ0v) is 16.6. The number of aryl methyl sites for hydroxylation is 1. The number of hydrazone groups is 1. The predicted octanol–water partition coefficient (Wildman–Crippen LogP) is 3.20. The molecule has 0 amide bonds. The summed E-state index contributed by atoms with van der Waals surface area (Å²) < 4.78 is 6.74. The van der Waals surface area contributed by atoms with Crippen LogP contribution in [0.5, 0.6) is 5.75 Å². The van der Waals surface area contributed by atoms with E-state index in [1.165, 1.54) is 11.1 Å². The molecule has 0 unspecified atom stereocenters. The molecule has 3 aliphatic heterocycles. The van der Waals surface area contributed by atoms with Crippen molar-refractivity contribution in [2.24, 2.45) is 5.10 Å². The van der Waals surface area contributed by atoms with Crippen molar-refractivity contribution < 1.29 is 9.64 Å². The summed E-state index contributed by atoms with van der Waals surface area (Å²) in [5.74, 6) is 1.07. The minimum atomic E-state index is -0.322. The molecule has 5 heteroatoms.